The molecule has 1 aliphatic heterocycles. The lowest BCUT2D eigenvalue weighted by Crippen LogP contribution is -2.27. The van der Waals surface area contributed by atoms with Crippen molar-refractivity contribution >= 4 is 0 Å². The minimum absolute atomic E-state index is 0.438. The molecular weight excluding hydrogens is 170 g/mol. The maximum atomic E-state index is 3.57. The van der Waals surface area contributed by atoms with E-state index in [1.165, 1.54) is 31.5 Å². The molecule has 80 valence electrons. The van der Waals surface area contributed by atoms with Crippen LogP contribution in [0.2, 0.25) is 0 Å². The molecule has 1 heteroatoms. The third-order valence-corrected chi connectivity index (χ3v) is 4.38. The molecule has 2 atom stereocenters. The van der Waals surface area contributed by atoms with E-state index in [0.717, 1.165) is 5.92 Å². The van der Waals surface area contributed by atoms with Crippen LogP contribution in [0.3, 0.4) is 0 Å². The first kappa shape index (κ1) is 10.1. The van der Waals surface area contributed by atoms with Crippen LogP contribution < -0.4 is 5.32 Å². The van der Waals surface area contributed by atoms with Crippen LogP contribution in [0.5, 0.6) is 0 Å². The Balaban J connectivity index is 2.32. The van der Waals surface area contributed by atoms with Gasteiger partial charge in [-0.25, -0.2) is 0 Å². The van der Waals surface area contributed by atoms with Gasteiger partial charge in [0.2, 0.25) is 0 Å². The minimum Gasteiger partial charge on any atom is -0.388 e. The highest BCUT2D eigenvalue weighted by Crippen LogP contribution is 2.49. The molecule has 0 saturated carbocycles. The Kier molecular flexibility index (Phi) is 2.17. The monoisotopic (exact) mass is 193 g/mol. The van der Waals surface area contributed by atoms with Gasteiger partial charge in [0.1, 0.15) is 0 Å². The highest BCUT2D eigenvalue weighted by atomic mass is 14.9. The normalized spacial score (nSPS) is 40.9. The van der Waals surface area contributed by atoms with Crippen molar-refractivity contribution in [3.63, 3.8) is 0 Å². The van der Waals surface area contributed by atoms with Gasteiger partial charge in [0.15, 0.2) is 0 Å². The number of hydrogen-bond acceptors (Lipinski definition) is 1. The average molecular weight is 193 g/mol. The van der Waals surface area contributed by atoms with Gasteiger partial charge in [-0.15, -0.1) is 0 Å². The van der Waals surface area contributed by atoms with E-state index in [9.17, 15) is 0 Å². The van der Waals surface area contributed by atoms with Gasteiger partial charge in [-0.05, 0) is 30.6 Å². The van der Waals surface area contributed by atoms with Crippen molar-refractivity contribution < 1.29 is 0 Å². The van der Waals surface area contributed by atoms with Gasteiger partial charge in [0.05, 0.1) is 0 Å². The van der Waals surface area contributed by atoms with Gasteiger partial charge in [0.25, 0.3) is 0 Å². The van der Waals surface area contributed by atoms with Crippen molar-refractivity contribution in [3.8, 4) is 0 Å². The van der Waals surface area contributed by atoms with Crippen LogP contribution in [0.25, 0.3) is 0 Å². The second kappa shape index (κ2) is 3.01. The summed E-state index contributed by atoms with van der Waals surface area (Å²) >= 11 is 0. The molecule has 0 aromatic carbocycles. The maximum Gasteiger partial charge on any atom is 0.0153 e. The van der Waals surface area contributed by atoms with E-state index >= 15 is 0 Å². The Morgan fingerprint density at radius 2 is 2.07 bits per heavy atom. The maximum absolute atomic E-state index is 3.57. The van der Waals surface area contributed by atoms with E-state index in [1.54, 1.807) is 0 Å². The van der Waals surface area contributed by atoms with Crippen molar-refractivity contribution in [1.29, 1.82) is 0 Å². The number of nitrogens with one attached hydrogen (secondary N) is 1. The lowest BCUT2D eigenvalue weighted by molar-refractivity contribution is 0.189. The quantitative estimate of drug-likeness (QED) is 0.622. The zero-order chi connectivity index (χ0) is 10.4. The third-order valence-electron chi connectivity index (χ3n) is 4.38. The van der Waals surface area contributed by atoms with Crippen LogP contribution in [-0.4, -0.2) is 6.54 Å². The first-order valence-electron chi connectivity index (χ1n) is 5.89. The van der Waals surface area contributed by atoms with E-state index in [-0.39, 0.29) is 0 Å². The first-order chi connectivity index (χ1) is 6.44. The smallest absolute Gasteiger partial charge is 0.0153 e. The third kappa shape index (κ3) is 1.47. The van der Waals surface area contributed by atoms with E-state index in [0.29, 0.717) is 10.8 Å². The molecule has 0 aromatic heterocycles. The van der Waals surface area contributed by atoms with Gasteiger partial charge in [-0.2, -0.15) is 0 Å². The zero-order valence-corrected chi connectivity index (χ0v) is 9.98. The molecule has 1 saturated heterocycles. The average Bonchev–Trinajstić information content (AvgIpc) is 2.41. The van der Waals surface area contributed by atoms with Crippen LogP contribution in [0, 0.1) is 16.7 Å². The molecule has 1 nitrogen and oxygen atoms in total. The molecular formula is C13H23N. The molecule has 2 rings (SSSR count). The predicted octanol–water partition coefficient (Wildman–Crippen LogP) is 3.33. The van der Waals surface area contributed by atoms with Gasteiger partial charge in [-0.1, -0.05) is 33.8 Å². The molecule has 0 amide bonds. The topological polar surface area (TPSA) is 12.0 Å². The summed E-state index contributed by atoms with van der Waals surface area (Å²) in [5.41, 5.74) is 2.45. The molecule has 0 spiro atoms. The SMILES string of the molecule is CC1CC(C)(C)CC=C2NCCC21C. The summed E-state index contributed by atoms with van der Waals surface area (Å²) in [6.07, 6.45) is 6.35. The van der Waals surface area contributed by atoms with E-state index < -0.39 is 0 Å². The Hall–Kier alpha value is -0.460. The summed E-state index contributed by atoms with van der Waals surface area (Å²) in [6.45, 7) is 10.8. The number of hydrogen-bond donors (Lipinski definition) is 1. The summed E-state index contributed by atoms with van der Waals surface area (Å²) in [6, 6.07) is 0. The Morgan fingerprint density at radius 3 is 2.79 bits per heavy atom. The summed E-state index contributed by atoms with van der Waals surface area (Å²) in [5.74, 6) is 0.807. The molecule has 0 aromatic rings. The summed E-state index contributed by atoms with van der Waals surface area (Å²) in [7, 11) is 0. The van der Waals surface area contributed by atoms with Crippen molar-refractivity contribution in [2.75, 3.05) is 6.54 Å². The first-order valence-corrected chi connectivity index (χ1v) is 5.89. The van der Waals surface area contributed by atoms with Gasteiger partial charge < -0.3 is 5.32 Å². The number of rotatable bonds is 0. The molecule has 1 fully saturated rings. The second-order valence-corrected chi connectivity index (χ2v) is 6.19. The summed E-state index contributed by atoms with van der Waals surface area (Å²) in [4.78, 5) is 0. The van der Waals surface area contributed by atoms with Gasteiger partial charge in [0, 0.05) is 17.7 Å². The van der Waals surface area contributed by atoms with Crippen molar-refractivity contribution in [2.24, 2.45) is 16.7 Å². The predicted molar refractivity (Wildman–Crippen MR) is 61.0 cm³/mol. The largest absolute Gasteiger partial charge is 0.388 e. The molecule has 0 radical (unpaired) electrons. The van der Waals surface area contributed by atoms with Crippen LogP contribution in [-0.2, 0) is 0 Å². The molecule has 0 bridgehead atoms. The van der Waals surface area contributed by atoms with Crippen molar-refractivity contribution in [3.05, 3.63) is 11.8 Å². The van der Waals surface area contributed by atoms with E-state index in [4.69, 9.17) is 0 Å². The standard InChI is InChI=1S/C13H23N/c1-10-9-12(2,3)6-5-11-13(10,4)7-8-14-11/h5,10,14H,6-9H2,1-4H3. The lowest BCUT2D eigenvalue weighted by atomic mass is 9.70. The van der Waals surface area contributed by atoms with Crippen LogP contribution in [0.1, 0.15) is 47.0 Å². The minimum atomic E-state index is 0.438. The van der Waals surface area contributed by atoms with Crippen LogP contribution in [0.15, 0.2) is 11.8 Å². The molecule has 14 heavy (non-hydrogen) atoms. The van der Waals surface area contributed by atoms with E-state index in [2.05, 4.69) is 39.1 Å². The molecule has 1 N–H and O–H groups in total. The highest BCUT2D eigenvalue weighted by molar-refractivity contribution is 5.20. The van der Waals surface area contributed by atoms with Gasteiger partial charge in [-0.3, -0.25) is 0 Å². The molecule has 1 aliphatic carbocycles. The zero-order valence-electron chi connectivity index (χ0n) is 9.98. The van der Waals surface area contributed by atoms with Crippen molar-refractivity contribution in [2.45, 2.75) is 47.0 Å². The highest BCUT2D eigenvalue weighted by Gasteiger charge is 2.42. The Bertz CT molecular complexity index is 264. The van der Waals surface area contributed by atoms with Gasteiger partial charge >= 0.3 is 0 Å². The Labute approximate surface area is 88.0 Å². The molecule has 2 unspecified atom stereocenters. The van der Waals surface area contributed by atoms with Crippen LogP contribution in [0.4, 0.5) is 0 Å². The van der Waals surface area contributed by atoms with E-state index in [1.807, 2.05) is 0 Å². The summed E-state index contributed by atoms with van der Waals surface area (Å²) in [5, 5.41) is 3.57. The fraction of sp³-hybridized carbons (Fsp3) is 0.846. The second-order valence-electron chi connectivity index (χ2n) is 6.19. The fourth-order valence-electron chi connectivity index (χ4n) is 3.13. The summed E-state index contributed by atoms with van der Waals surface area (Å²) < 4.78 is 0. The van der Waals surface area contributed by atoms with Crippen molar-refractivity contribution in [1.82, 2.24) is 5.32 Å². The molecule has 1 heterocycles. The lowest BCUT2D eigenvalue weighted by Gasteiger charge is -2.34. The molecule has 2 aliphatic rings. The Morgan fingerprint density at radius 1 is 1.36 bits per heavy atom. The number of fused-ring (bicyclic) bond motifs is 1. The van der Waals surface area contributed by atoms with Crippen LogP contribution >= 0.6 is 0 Å². The number of allylic oxidation sites excluding steroid dienone is 2. The fourth-order valence-corrected chi connectivity index (χ4v) is 3.13.